The van der Waals surface area contributed by atoms with Gasteiger partial charge in [0.25, 0.3) is 0 Å². The van der Waals surface area contributed by atoms with E-state index in [1.54, 1.807) is 0 Å². The van der Waals surface area contributed by atoms with E-state index < -0.39 is 0 Å². The van der Waals surface area contributed by atoms with Crippen molar-refractivity contribution in [3.63, 3.8) is 0 Å². The first kappa shape index (κ1) is 13.7. The van der Waals surface area contributed by atoms with Crippen LogP contribution in [-0.4, -0.2) is 33.6 Å². The van der Waals surface area contributed by atoms with E-state index in [1.165, 1.54) is 12.8 Å². The van der Waals surface area contributed by atoms with Gasteiger partial charge in [-0.2, -0.15) is 5.10 Å². The van der Waals surface area contributed by atoms with E-state index in [1.807, 2.05) is 16.9 Å². The van der Waals surface area contributed by atoms with Gasteiger partial charge in [0.05, 0.1) is 5.69 Å². The highest BCUT2D eigenvalue weighted by Gasteiger charge is 2.22. The van der Waals surface area contributed by atoms with E-state index in [0.717, 1.165) is 36.0 Å². The highest BCUT2D eigenvalue weighted by atomic mass is 35.5. The minimum Gasteiger partial charge on any atom is -0.355 e. The van der Waals surface area contributed by atoms with Gasteiger partial charge in [-0.1, -0.05) is 13.8 Å². The van der Waals surface area contributed by atoms with Crippen molar-refractivity contribution in [1.82, 2.24) is 14.6 Å². The van der Waals surface area contributed by atoms with Crippen LogP contribution < -0.4 is 4.90 Å². The van der Waals surface area contributed by atoms with Gasteiger partial charge in [0, 0.05) is 31.4 Å². The van der Waals surface area contributed by atoms with Gasteiger partial charge in [-0.05, 0) is 30.7 Å². The zero-order chi connectivity index (χ0) is 14.1. The molecule has 3 rings (SSSR count). The maximum atomic E-state index is 6.03. The highest BCUT2D eigenvalue weighted by molar-refractivity contribution is 6.18. The highest BCUT2D eigenvalue weighted by Crippen LogP contribution is 2.27. The molecule has 0 saturated carbocycles. The van der Waals surface area contributed by atoms with Crippen LogP contribution in [0.15, 0.2) is 18.5 Å². The maximum absolute atomic E-state index is 6.03. The number of piperidine rings is 1. The molecule has 0 bridgehead atoms. The second kappa shape index (κ2) is 5.60. The molecule has 1 saturated heterocycles. The molecule has 20 heavy (non-hydrogen) atoms. The minimum atomic E-state index is 0.430. The fourth-order valence-corrected chi connectivity index (χ4v) is 3.09. The number of fused-ring (bicyclic) bond motifs is 1. The maximum Gasteiger partial charge on any atom is 0.154 e. The number of hydrogen-bond acceptors (Lipinski definition) is 3. The molecule has 4 nitrogen and oxygen atoms in total. The molecule has 1 fully saturated rings. The Kier molecular flexibility index (Phi) is 3.83. The molecular weight excluding hydrogens is 272 g/mol. The van der Waals surface area contributed by atoms with Gasteiger partial charge in [0.1, 0.15) is 5.52 Å². The van der Waals surface area contributed by atoms with E-state index in [9.17, 15) is 0 Å². The van der Waals surface area contributed by atoms with Crippen LogP contribution in [0.1, 0.15) is 38.3 Å². The average molecular weight is 293 g/mol. The van der Waals surface area contributed by atoms with E-state index >= 15 is 0 Å². The van der Waals surface area contributed by atoms with E-state index in [-0.39, 0.29) is 0 Å². The quantitative estimate of drug-likeness (QED) is 0.814. The van der Waals surface area contributed by atoms with Crippen LogP contribution in [0.25, 0.3) is 5.52 Å². The molecular formula is C15H21ClN4. The molecule has 1 atom stereocenters. The van der Waals surface area contributed by atoms with Gasteiger partial charge in [-0.3, -0.25) is 0 Å². The average Bonchev–Trinajstić information content (AvgIpc) is 2.91. The summed E-state index contributed by atoms with van der Waals surface area (Å²) < 4.78 is 1.95. The first-order valence-electron chi connectivity index (χ1n) is 7.34. The van der Waals surface area contributed by atoms with Gasteiger partial charge in [0.15, 0.2) is 5.82 Å². The molecule has 1 aliphatic heterocycles. The molecule has 0 aromatic carbocycles. The summed E-state index contributed by atoms with van der Waals surface area (Å²) in [5.41, 5.74) is 2.22. The standard InChI is InChI=1S/C15H21ClN4/c1-11(2)13-8-14-15(17-5-7-20(14)18-13)19-6-3-4-12(9-16)10-19/h5,7-8,11-12H,3-4,6,9-10H2,1-2H3. The van der Waals surface area contributed by atoms with Crippen molar-refractivity contribution < 1.29 is 0 Å². The lowest BCUT2D eigenvalue weighted by Gasteiger charge is -2.32. The van der Waals surface area contributed by atoms with Crippen LogP contribution >= 0.6 is 11.6 Å². The number of aromatic nitrogens is 3. The van der Waals surface area contributed by atoms with Gasteiger partial charge in [0.2, 0.25) is 0 Å². The summed E-state index contributed by atoms with van der Waals surface area (Å²) in [6, 6.07) is 2.16. The Bertz CT molecular complexity index is 593. The lowest BCUT2D eigenvalue weighted by Crippen LogP contribution is -2.36. The second-order valence-electron chi connectivity index (χ2n) is 5.91. The molecule has 2 aromatic heterocycles. The van der Waals surface area contributed by atoms with Crippen LogP contribution in [0.3, 0.4) is 0 Å². The number of anilines is 1. The molecule has 0 amide bonds. The molecule has 5 heteroatoms. The molecule has 2 aromatic rings. The Morgan fingerprint density at radius 1 is 1.45 bits per heavy atom. The third kappa shape index (κ3) is 2.49. The summed E-state index contributed by atoms with van der Waals surface area (Å²) in [5.74, 6) is 2.78. The molecule has 108 valence electrons. The topological polar surface area (TPSA) is 33.4 Å². The smallest absolute Gasteiger partial charge is 0.154 e. The van der Waals surface area contributed by atoms with Crippen molar-refractivity contribution in [2.45, 2.75) is 32.6 Å². The zero-order valence-corrected chi connectivity index (χ0v) is 12.8. The largest absolute Gasteiger partial charge is 0.355 e. The summed E-state index contributed by atoms with van der Waals surface area (Å²) in [6.45, 7) is 6.39. The molecule has 0 aliphatic carbocycles. The Morgan fingerprint density at radius 2 is 2.30 bits per heavy atom. The molecule has 0 spiro atoms. The fourth-order valence-electron chi connectivity index (χ4n) is 2.84. The van der Waals surface area contributed by atoms with Crippen LogP contribution in [0.2, 0.25) is 0 Å². The van der Waals surface area contributed by atoms with Crippen molar-refractivity contribution in [3.8, 4) is 0 Å². The third-order valence-electron chi connectivity index (χ3n) is 4.02. The predicted molar refractivity (Wildman–Crippen MR) is 82.7 cm³/mol. The van der Waals surface area contributed by atoms with E-state index in [2.05, 4.69) is 34.9 Å². The summed E-state index contributed by atoms with van der Waals surface area (Å²) in [6.07, 6.45) is 6.17. The van der Waals surface area contributed by atoms with Crippen LogP contribution in [0, 0.1) is 5.92 Å². The molecule has 0 radical (unpaired) electrons. The van der Waals surface area contributed by atoms with Crippen molar-refractivity contribution in [1.29, 1.82) is 0 Å². The summed E-state index contributed by atoms with van der Waals surface area (Å²) in [7, 11) is 0. The van der Waals surface area contributed by atoms with E-state index in [0.29, 0.717) is 11.8 Å². The lowest BCUT2D eigenvalue weighted by molar-refractivity contribution is 0.449. The Hall–Kier alpha value is -1.29. The summed E-state index contributed by atoms with van der Waals surface area (Å²) in [4.78, 5) is 6.95. The van der Waals surface area contributed by atoms with Crippen LogP contribution in [-0.2, 0) is 0 Å². The van der Waals surface area contributed by atoms with Gasteiger partial charge in [-0.15, -0.1) is 11.6 Å². The van der Waals surface area contributed by atoms with Crippen LogP contribution in [0.5, 0.6) is 0 Å². The normalized spacial score (nSPS) is 20.0. The van der Waals surface area contributed by atoms with Gasteiger partial charge < -0.3 is 4.90 Å². The first-order valence-corrected chi connectivity index (χ1v) is 7.87. The Morgan fingerprint density at radius 3 is 3.05 bits per heavy atom. The predicted octanol–water partition coefficient (Wildman–Crippen LogP) is 3.31. The van der Waals surface area contributed by atoms with Crippen molar-refractivity contribution >= 4 is 22.9 Å². The summed E-state index contributed by atoms with van der Waals surface area (Å²) >= 11 is 6.03. The minimum absolute atomic E-state index is 0.430. The molecule has 0 N–H and O–H groups in total. The molecule has 3 heterocycles. The van der Waals surface area contributed by atoms with Crippen LogP contribution in [0.4, 0.5) is 5.82 Å². The Labute approximate surface area is 124 Å². The SMILES string of the molecule is CC(C)c1cc2c(N3CCCC(CCl)C3)nccn2n1. The lowest BCUT2D eigenvalue weighted by atomic mass is 10.00. The van der Waals surface area contributed by atoms with Gasteiger partial charge in [-0.25, -0.2) is 9.50 Å². The van der Waals surface area contributed by atoms with Crippen molar-refractivity contribution in [2.75, 3.05) is 23.9 Å². The third-order valence-corrected chi connectivity index (χ3v) is 4.45. The number of nitrogens with zero attached hydrogens (tertiary/aromatic N) is 4. The first-order chi connectivity index (χ1) is 9.69. The molecule has 1 aliphatic rings. The summed E-state index contributed by atoms with van der Waals surface area (Å²) in [5, 5.41) is 4.63. The van der Waals surface area contributed by atoms with Gasteiger partial charge >= 0.3 is 0 Å². The monoisotopic (exact) mass is 292 g/mol. The fraction of sp³-hybridized carbons (Fsp3) is 0.600. The van der Waals surface area contributed by atoms with Crippen molar-refractivity contribution in [3.05, 3.63) is 24.2 Å². The number of alkyl halides is 1. The van der Waals surface area contributed by atoms with E-state index in [4.69, 9.17) is 11.6 Å². The number of rotatable bonds is 3. The Balaban J connectivity index is 1.98. The molecule has 1 unspecified atom stereocenters. The number of hydrogen-bond donors (Lipinski definition) is 0. The van der Waals surface area contributed by atoms with Crippen molar-refractivity contribution in [2.24, 2.45) is 5.92 Å². The second-order valence-corrected chi connectivity index (χ2v) is 6.22. The number of halogens is 1. The zero-order valence-electron chi connectivity index (χ0n) is 12.1.